The number of carbonyl (C=O) groups is 1. The van der Waals surface area contributed by atoms with Crippen LogP contribution >= 0.6 is 46.1 Å². The summed E-state index contributed by atoms with van der Waals surface area (Å²) in [6, 6.07) is 20.1. The highest BCUT2D eigenvalue weighted by molar-refractivity contribution is 7.07. The molecule has 0 aliphatic carbocycles. The lowest BCUT2D eigenvalue weighted by atomic mass is 9.96. The van der Waals surface area contributed by atoms with Crippen molar-refractivity contribution < 1.29 is 9.53 Å². The first-order valence-corrected chi connectivity index (χ1v) is 15.6. The summed E-state index contributed by atoms with van der Waals surface area (Å²) in [7, 11) is 0. The van der Waals surface area contributed by atoms with Gasteiger partial charge in [0.15, 0.2) is 4.80 Å². The molecule has 0 unspecified atom stereocenters. The van der Waals surface area contributed by atoms with Gasteiger partial charge in [-0.1, -0.05) is 82.5 Å². The summed E-state index contributed by atoms with van der Waals surface area (Å²) in [5.41, 5.74) is 4.23. The maximum Gasteiger partial charge on any atom is 0.338 e. The fourth-order valence-corrected chi connectivity index (χ4v) is 6.80. The van der Waals surface area contributed by atoms with Gasteiger partial charge in [-0.05, 0) is 68.3 Å². The molecule has 0 amide bonds. The zero-order chi connectivity index (χ0) is 30.4. The molecule has 6 rings (SSSR count). The number of para-hydroxylation sites is 1. The first-order chi connectivity index (χ1) is 20.6. The van der Waals surface area contributed by atoms with E-state index in [0.717, 1.165) is 27.6 Å². The fraction of sp³-hybridized carbons (Fsp3) is 0.182. The number of esters is 1. The smallest absolute Gasteiger partial charge is 0.338 e. The van der Waals surface area contributed by atoms with Crippen LogP contribution in [-0.2, 0) is 16.1 Å². The summed E-state index contributed by atoms with van der Waals surface area (Å²) in [4.78, 5) is 32.6. The van der Waals surface area contributed by atoms with Gasteiger partial charge < -0.3 is 9.30 Å². The van der Waals surface area contributed by atoms with Gasteiger partial charge in [0.25, 0.3) is 5.56 Å². The molecule has 0 saturated carbocycles. The lowest BCUT2D eigenvalue weighted by molar-refractivity contribution is -0.143. The molecule has 10 heteroatoms. The molecule has 0 N–H and O–H groups in total. The highest BCUT2D eigenvalue weighted by Crippen LogP contribution is 2.32. The summed E-state index contributed by atoms with van der Waals surface area (Å²) < 4.78 is 9.79. The Hall–Kier alpha value is -3.62. The first kappa shape index (κ1) is 29.5. The van der Waals surface area contributed by atoms with Gasteiger partial charge in [0, 0.05) is 34.2 Å². The molecule has 218 valence electrons. The van der Waals surface area contributed by atoms with E-state index in [9.17, 15) is 9.59 Å². The summed E-state index contributed by atoms with van der Waals surface area (Å²) in [5, 5.41) is 2.56. The van der Waals surface area contributed by atoms with E-state index >= 15 is 0 Å². The van der Waals surface area contributed by atoms with Crippen LogP contribution in [0, 0.1) is 0 Å². The molecule has 1 atom stereocenters. The number of aromatic nitrogens is 2. The summed E-state index contributed by atoms with van der Waals surface area (Å²) in [6.45, 7) is 5.92. The third kappa shape index (κ3) is 5.70. The molecule has 43 heavy (non-hydrogen) atoms. The van der Waals surface area contributed by atoms with Gasteiger partial charge in [0.2, 0.25) is 0 Å². The van der Waals surface area contributed by atoms with Gasteiger partial charge in [-0.2, -0.15) is 0 Å². The van der Waals surface area contributed by atoms with Crippen molar-refractivity contribution in [3.8, 4) is 0 Å². The second-order valence-electron chi connectivity index (χ2n) is 10.6. The minimum Gasteiger partial charge on any atom is -0.459 e. The number of benzene rings is 3. The van der Waals surface area contributed by atoms with Crippen molar-refractivity contribution in [1.29, 1.82) is 0 Å². The van der Waals surface area contributed by atoms with E-state index in [2.05, 4.69) is 4.57 Å². The molecule has 2 aromatic heterocycles. The lowest BCUT2D eigenvalue weighted by Crippen LogP contribution is -2.40. The van der Waals surface area contributed by atoms with Gasteiger partial charge in [0.1, 0.15) is 0 Å². The van der Waals surface area contributed by atoms with Crippen molar-refractivity contribution in [3.05, 3.63) is 136 Å². The summed E-state index contributed by atoms with van der Waals surface area (Å²) >= 11 is 19.9. The maximum absolute atomic E-state index is 14.1. The predicted octanol–water partition coefficient (Wildman–Crippen LogP) is 7.15. The Bertz CT molecular complexity index is 2110. The number of allylic oxidation sites excluding steroid dienone is 1. The number of ether oxygens (including phenoxy) is 1. The van der Waals surface area contributed by atoms with Crippen LogP contribution in [0.2, 0.25) is 15.1 Å². The Balaban J connectivity index is 1.50. The van der Waals surface area contributed by atoms with Crippen LogP contribution in [0.5, 0.6) is 0 Å². The van der Waals surface area contributed by atoms with E-state index in [4.69, 9.17) is 44.5 Å². The van der Waals surface area contributed by atoms with Crippen molar-refractivity contribution in [2.75, 3.05) is 0 Å². The average Bonchev–Trinajstić information content (AvgIpc) is 3.46. The monoisotopic (exact) mass is 649 g/mol. The largest absolute Gasteiger partial charge is 0.459 e. The number of thiazole rings is 1. The van der Waals surface area contributed by atoms with Crippen LogP contribution in [0.4, 0.5) is 0 Å². The molecule has 0 radical (unpaired) electrons. The number of hydrogen-bond acceptors (Lipinski definition) is 5. The van der Waals surface area contributed by atoms with Crippen molar-refractivity contribution in [1.82, 2.24) is 9.13 Å². The number of fused-ring (bicyclic) bond motifs is 2. The van der Waals surface area contributed by atoms with E-state index in [1.807, 2.05) is 60.8 Å². The molecule has 3 aromatic carbocycles. The standard InChI is InChI=1S/C33H26Cl3N3O3S/c1-18(2)42-32(41)29-19(3)37-33-39(30(29)21-9-11-23(34)12-10-21)31(40)28(43-33)15-22-17-38(27-7-5-4-6-24(22)27)16-20-8-13-25(35)26(36)14-20/h4-15,17-18,30H,16H2,1-3H3/b28-15+/t30-/m1/s1. The lowest BCUT2D eigenvalue weighted by Gasteiger charge is -2.25. The Labute approximate surface area is 266 Å². The normalized spacial score (nSPS) is 15.2. The minimum atomic E-state index is -0.710. The number of nitrogens with zero attached hydrogens (tertiary/aromatic N) is 3. The van der Waals surface area contributed by atoms with Crippen LogP contribution in [0.15, 0.2) is 94.0 Å². The summed E-state index contributed by atoms with van der Waals surface area (Å²) in [6.07, 6.45) is 3.59. The molecule has 1 aliphatic heterocycles. The van der Waals surface area contributed by atoms with Crippen molar-refractivity contribution in [2.45, 2.75) is 39.5 Å². The minimum absolute atomic E-state index is 0.243. The average molecular weight is 651 g/mol. The van der Waals surface area contributed by atoms with Gasteiger partial charge in [-0.15, -0.1) is 0 Å². The maximum atomic E-state index is 14.1. The van der Waals surface area contributed by atoms with E-state index in [1.165, 1.54) is 11.3 Å². The molecule has 0 spiro atoms. The Morgan fingerprint density at radius 3 is 2.51 bits per heavy atom. The van der Waals surface area contributed by atoms with Crippen LogP contribution < -0.4 is 14.9 Å². The first-order valence-electron chi connectivity index (χ1n) is 13.6. The SMILES string of the molecule is CC1=C(C(=O)OC(C)C)[C@@H](c2ccc(Cl)cc2)n2c(s/c(=C/c3cn(Cc4ccc(Cl)c(Cl)c4)c4ccccc34)c2=O)=N1. The quantitative estimate of drug-likeness (QED) is 0.183. The third-order valence-corrected chi connectivity index (χ3v) is 9.19. The number of rotatable bonds is 6. The van der Waals surface area contributed by atoms with Crippen LogP contribution in [-0.4, -0.2) is 21.2 Å². The Morgan fingerprint density at radius 1 is 1.05 bits per heavy atom. The van der Waals surface area contributed by atoms with Crippen molar-refractivity contribution in [2.24, 2.45) is 4.99 Å². The fourth-order valence-electron chi connectivity index (χ4n) is 5.32. The van der Waals surface area contributed by atoms with Crippen LogP contribution in [0.3, 0.4) is 0 Å². The molecule has 3 heterocycles. The zero-order valence-corrected chi connectivity index (χ0v) is 26.6. The van der Waals surface area contributed by atoms with Gasteiger partial charge in [-0.3, -0.25) is 9.36 Å². The molecule has 5 aromatic rings. The number of halogens is 3. The second-order valence-corrected chi connectivity index (χ2v) is 12.8. The molecular weight excluding hydrogens is 625 g/mol. The van der Waals surface area contributed by atoms with Gasteiger partial charge in [0.05, 0.1) is 38.0 Å². The Morgan fingerprint density at radius 2 is 1.79 bits per heavy atom. The van der Waals surface area contributed by atoms with E-state index < -0.39 is 12.0 Å². The highest BCUT2D eigenvalue weighted by atomic mass is 35.5. The van der Waals surface area contributed by atoms with Crippen molar-refractivity contribution >= 4 is 69.1 Å². The molecule has 1 aliphatic rings. The molecule has 0 saturated heterocycles. The van der Waals surface area contributed by atoms with Crippen LogP contribution in [0.25, 0.3) is 17.0 Å². The third-order valence-electron chi connectivity index (χ3n) is 7.21. The van der Waals surface area contributed by atoms with Crippen LogP contribution in [0.1, 0.15) is 43.5 Å². The zero-order valence-electron chi connectivity index (χ0n) is 23.5. The number of hydrogen-bond donors (Lipinski definition) is 0. The van der Waals surface area contributed by atoms with E-state index in [0.29, 0.717) is 42.2 Å². The molecular formula is C33H26Cl3N3O3S. The molecule has 0 bridgehead atoms. The summed E-state index contributed by atoms with van der Waals surface area (Å²) in [5.74, 6) is -0.504. The Kier molecular flexibility index (Phi) is 8.09. The predicted molar refractivity (Wildman–Crippen MR) is 174 cm³/mol. The van der Waals surface area contributed by atoms with E-state index in [1.54, 1.807) is 43.5 Å². The van der Waals surface area contributed by atoms with Gasteiger partial charge >= 0.3 is 5.97 Å². The molecule has 6 nitrogen and oxygen atoms in total. The highest BCUT2D eigenvalue weighted by Gasteiger charge is 2.33. The second kappa shape index (κ2) is 11.8. The topological polar surface area (TPSA) is 65.6 Å². The van der Waals surface area contributed by atoms with Gasteiger partial charge in [-0.25, -0.2) is 9.79 Å². The van der Waals surface area contributed by atoms with Crippen molar-refractivity contribution in [3.63, 3.8) is 0 Å². The van der Waals surface area contributed by atoms with E-state index in [-0.39, 0.29) is 11.7 Å². The number of carbonyl (C=O) groups excluding carboxylic acids is 1. The molecule has 0 fully saturated rings.